The van der Waals surface area contributed by atoms with Gasteiger partial charge < -0.3 is 19.9 Å². The van der Waals surface area contributed by atoms with Crippen molar-refractivity contribution in [2.75, 3.05) is 20.0 Å². The van der Waals surface area contributed by atoms with Gasteiger partial charge in [-0.25, -0.2) is 4.98 Å². The van der Waals surface area contributed by atoms with Crippen LogP contribution in [0.1, 0.15) is 11.3 Å². The first-order valence-electron chi connectivity index (χ1n) is 7.78. The predicted octanol–water partition coefficient (Wildman–Crippen LogP) is 3.62. The molecule has 1 aliphatic carbocycles. The summed E-state index contributed by atoms with van der Waals surface area (Å²) in [5.41, 5.74) is 8.48. The number of pyridine rings is 1. The van der Waals surface area contributed by atoms with Crippen molar-refractivity contribution in [3.8, 4) is 11.5 Å². The molecule has 7 heteroatoms. The van der Waals surface area contributed by atoms with E-state index in [1.165, 1.54) is 11.3 Å². The summed E-state index contributed by atoms with van der Waals surface area (Å²) in [7, 11) is 3.31. The molecule has 0 fully saturated rings. The van der Waals surface area contributed by atoms with Crippen LogP contribution in [0.5, 0.6) is 11.5 Å². The van der Waals surface area contributed by atoms with Crippen molar-refractivity contribution in [2.45, 2.75) is 12.5 Å². The minimum atomic E-state index is -0.128. The molecule has 0 spiro atoms. The number of ether oxygens (including phenoxy) is 3. The van der Waals surface area contributed by atoms with Crippen molar-refractivity contribution in [2.24, 2.45) is 0 Å². The summed E-state index contributed by atoms with van der Waals surface area (Å²) >= 11 is 1.44. The molecule has 1 unspecified atom stereocenters. The summed E-state index contributed by atoms with van der Waals surface area (Å²) in [4.78, 5) is 8.72. The van der Waals surface area contributed by atoms with E-state index in [9.17, 15) is 0 Å². The van der Waals surface area contributed by atoms with Crippen molar-refractivity contribution in [1.29, 1.82) is 0 Å². The molecule has 0 amide bonds. The normalized spacial score (nSPS) is 16.4. The Morgan fingerprint density at radius 2 is 2.12 bits per heavy atom. The fourth-order valence-corrected chi connectivity index (χ4v) is 3.68. The zero-order valence-corrected chi connectivity index (χ0v) is 14.7. The van der Waals surface area contributed by atoms with Crippen molar-refractivity contribution in [1.82, 2.24) is 9.97 Å². The molecule has 1 atom stereocenters. The van der Waals surface area contributed by atoms with Crippen molar-refractivity contribution >= 4 is 32.8 Å². The minimum Gasteiger partial charge on any atom is -0.498 e. The molecule has 128 valence electrons. The van der Waals surface area contributed by atoms with Crippen LogP contribution in [0.2, 0.25) is 0 Å². The molecule has 6 nitrogen and oxygen atoms in total. The van der Waals surface area contributed by atoms with E-state index in [4.69, 9.17) is 19.9 Å². The van der Waals surface area contributed by atoms with Gasteiger partial charge in [-0.1, -0.05) is 11.3 Å². The lowest BCUT2D eigenvalue weighted by Crippen LogP contribution is -2.23. The number of hydrogen-bond acceptors (Lipinski definition) is 7. The van der Waals surface area contributed by atoms with Crippen molar-refractivity contribution in [3.63, 3.8) is 0 Å². The monoisotopic (exact) mass is 355 g/mol. The standard InChI is InChI=1S/C18H17N3O3S/c1-22-15-8-11-13(9-16(15)23-2)20-6-5-14(11)24-10-3-4-12-17(7-10)25-18(19)21-12/h3-8,16H,9H2,1-2H3,(H2,19,21). The molecule has 1 aromatic carbocycles. The molecule has 25 heavy (non-hydrogen) atoms. The molecule has 0 saturated heterocycles. The van der Waals surface area contributed by atoms with Crippen LogP contribution in [0, 0.1) is 0 Å². The van der Waals surface area contributed by atoms with Gasteiger partial charge in [-0.3, -0.25) is 4.98 Å². The number of rotatable bonds is 4. The fourth-order valence-electron chi connectivity index (χ4n) is 2.92. The molecule has 2 N–H and O–H groups in total. The number of nitrogens with zero attached hydrogens (tertiary/aromatic N) is 2. The summed E-state index contributed by atoms with van der Waals surface area (Å²) in [5.74, 6) is 2.22. The van der Waals surface area contributed by atoms with Crippen LogP contribution in [0.25, 0.3) is 16.3 Å². The number of aromatic nitrogens is 2. The second kappa shape index (κ2) is 6.34. The van der Waals surface area contributed by atoms with Crippen LogP contribution in [0.3, 0.4) is 0 Å². The first-order chi connectivity index (χ1) is 12.2. The molecular weight excluding hydrogens is 338 g/mol. The van der Waals surface area contributed by atoms with Crippen LogP contribution in [0.4, 0.5) is 5.13 Å². The van der Waals surface area contributed by atoms with Gasteiger partial charge in [-0.2, -0.15) is 0 Å². The smallest absolute Gasteiger partial charge is 0.181 e. The van der Waals surface area contributed by atoms with E-state index in [1.807, 2.05) is 30.3 Å². The Bertz CT molecular complexity index is 967. The number of nitrogen functional groups attached to an aromatic ring is 1. The van der Waals surface area contributed by atoms with Crippen molar-refractivity contribution in [3.05, 3.63) is 47.5 Å². The van der Waals surface area contributed by atoms with Gasteiger partial charge in [-0.05, 0) is 24.3 Å². The third-order valence-electron chi connectivity index (χ3n) is 4.14. The maximum atomic E-state index is 6.11. The van der Waals surface area contributed by atoms with Gasteiger partial charge >= 0.3 is 0 Å². The number of fused-ring (bicyclic) bond motifs is 2. The van der Waals surface area contributed by atoms with Gasteiger partial charge in [0, 0.05) is 31.4 Å². The molecule has 0 bridgehead atoms. The lowest BCUT2D eigenvalue weighted by Gasteiger charge is -2.24. The SMILES string of the molecule is COC1=Cc2c(Oc3ccc4nc(N)sc4c3)ccnc2CC1OC. The average molecular weight is 355 g/mol. The number of methoxy groups -OCH3 is 2. The molecule has 0 radical (unpaired) electrons. The van der Waals surface area contributed by atoms with Crippen LogP contribution in [0.15, 0.2) is 36.2 Å². The molecule has 1 aliphatic rings. The molecule has 2 aromatic heterocycles. The lowest BCUT2D eigenvalue weighted by molar-refractivity contribution is 0.0786. The Morgan fingerprint density at radius 3 is 2.92 bits per heavy atom. The zero-order valence-electron chi connectivity index (χ0n) is 13.9. The van der Waals surface area contributed by atoms with Crippen LogP contribution < -0.4 is 10.5 Å². The van der Waals surface area contributed by atoms with Gasteiger partial charge in [0.2, 0.25) is 0 Å². The maximum absolute atomic E-state index is 6.11. The molecule has 3 aromatic rings. The Hall–Kier alpha value is -2.64. The van der Waals surface area contributed by atoms with Crippen LogP contribution in [-0.2, 0) is 15.9 Å². The van der Waals surface area contributed by atoms with Crippen molar-refractivity contribution < 1.29 is 14.2 Å². The second-order valence-corrected chi connectivity index (χ2v) is 6.69. The van der Waals surface area contributed by atoms with Crippen LogP contribution >= 0.6 is 11.3 Å². The molecule has 2 heterocycles. The van der Waals surface area contributed by atoms with Gasteiger partial charge in [0.25, 0.3) is 0 Å². The Morgan fingerprint density at radius 1 is 1.24 bits per heavy atom. The van der Waals surface area contributed by atoms with E-state index < -0.39 is 0 Å². The molecular formula is C18H17N3O3S. The summed E-state index contributed by atoms with van der Waals surface area (Å²) in [6.45, 7) is 0. The lowest BCUT2D eigenvalue weighted by atomic mass is 9.98. The zero-order chi connectivity index (χ0) is 17.4. The van der Waals surface area contributed by atoms with E-state index in [1.54, 1.807) is 20.4 Å². The minimum absolute atomic E-state index is 0.128. The summed E-state index contributed by atoms with van der Waals surface area (Å²) in [6.07, 6.45) is 4.19. The number of benzene rings is 1. The highest BCUT2D eigenvalue weighted by molar-refractivity contribution is 7.22. The first-order valence-corrected chi connectivity index (χ1v) is 8.59. The number of hydrogen-bond donors (Lipinski definition) is 1. The van der Waals surface area contributed by atoms with E-state index in [2.05, 4.69) is 9.97 Å². The fraction of sp³-hybridized carbons (Fsp3) is 0.222. The van der Waals surface area contributed by atoms with E-state index >= 15 is 0 Å². The number of thiazole rings is 1. The quantitative estimate of drug-likeness (QED) is 0.770. The van der Waals surface area contributed by atoms with E-state index in [-0.39, 0.29) is 6.10 Å². The Labute approximate surface area is 148 Å². The number of nitrogens with two attached hydrogens (primary N) is 1. The van der Waals surface area contributed by atoms with Gasteiger partial charge in [0.1, 0.15) is 23.4 Å². The summed E-state index contributed by atoms with van der Waals surface area (Å²) in [6, 6.07) is 7.58. The summed E-state index contributed by atoms with van der Waals surface area (Å²) in [5, 5.41) is 0.548. The second-order valence-electron chi connectivity index (χ2n) is 5.63. The predicted molar refractivity (Wildman–Crippen MR) is 97.8 cm³/mol. The highest BCUT2D eigenvalue weighted by Gasteiger charge is 2.25. The molecule has 4 rings (SSSR count). The third-order valence-corrected chi connectivity index (χ3v) is 4.99. The highest BCUT2D eigenvalue weighted by atomic mass is 32.1. The largest absolute Gasteiger partial charge is 0.498 e. The highest BCUT2D eigenvalue weighted by Crippen LogP contribution is 2.35. The van der Waals surface area contributed by atoms with Crippen LogP contribution in [-0.4, -0.2) is 30.3 Å². The summed E-state index contributed by atoms with van der Waals surface area (Å²) < 4.78 is 18.0. The topological polar surface area (TPSA) is 79.5 Å². The number of anilines is 1. The Balaban J connectivity index is 1.71. The van der Waals surface area contributed by atoms with E-state index in [0.29, 0.717) is 11.6 Å². The first kappa shape index (κ1) is 15.9. The van der Waals surface area contributed by atoms with Gasteiger partial charge in [0.05, 0.1) is 23.0 Å². The Kier molecular flexibility index (Phi) is 4.03. The maximum Gasteiger partial charge on any atom is 0.181 e. The molecule has 0 saturated carbocycles. The average Bonchev–Trinajstić information content (AvgIpc) is 3.00. The van der Waals surface area contributed by atoms with Gasteiger partial charge in [-0.15, -0.1) is 0 Å². The molecule has 0 aliphatic heterocycles. The third kappa shape index (κ3) is 2.92. The van der Waals surface area contributed by atoms with E-state index in [0.717, 1.165) is 38.7 Å². The van der Waals surface area contributed by atoms with Gasteiger partial charge in [0.15, 0.2) is 5.13 Å².